The van der Waals surface area contributed by atoms with E-state index >= 15 is 0 Å². The first kappa shape index (κ1) is 19.7. The van der Waals surface area contributed by atoms with E-state index in [0.29, 0.717) is 23.9 Å². The van der Waals surface area contributed by atoms with Crippen LogP contribution >= 0.6 is 12.2 Å². The molecule has 2 rings (SSSR count). The van der Waals surface area contributed by atoms with Crippen LogP contribution in [0.3, 0.4) is 0 Å². The second kappa shape index (κ2) is 9.77. The van der Waals surface area contributed by atoms with Crippen molar-refractivity contribution < 1.29 is 14.3 Å². The van der Waals surface area contributed by atoms with Gasteiger partial charge in [-0.3, -0.25) is 0 Å². The predicted octanol–water partition coefficient (Wildman–Crippen LogP) is 3.93. The number of anilines is 1. The largest absolute Gasteiger partial charge is 0.491 e. The maximum Gasteiger partial charge on any atom is 0.338 e. The highest BCUT2D eigenvalue weighted by atomic mass is 32.1. The van der Waals surface area contributed by atoms with E-state index in [9.17, 15) is 4.79 Å². The number of thiocarbonyl (C=S) groups is 1. The fourth-order valence-corrected chi connectivity index (χ4v) is 2.55. The summed E-state index contributed by atoms with van der Waals surface area (Å²) in [4.78, 5) is 11.8. The van der Waals surface area contributed by atoms with Gasteiger partial charge in [-0.25, -0.2) is 4.79 Å². The van der Waals surface area contributed by atoms with E-state index in [4.69, 9.17) is 21.7 Å². The number of hydrogen-bond acceptors (Lipinski definition) is 4. The molecule has 26 heavy (non-hydrogen) atoms. The first-order valence-electron chi connectivity index (χ1n) is 8.52. The van der Waals surface area contributed by atoms with Crippen molar-refractivity contribution in [1.29, 1.82) is 0 Å². The number of carbonyl (C=O) groups excluding carboxylic acids is 1. The summed E-state index contributed by atoms with van der Waals surface area (Å²) >= 11 is 5.33. The highest BCUT2D eigenvalue weighted by Gasteiger charge is 2.09. The van der Waals surface area contributed by atoms with Crippen LogP contribution in [-0.4, -0.2) is 30.3 Å². The third-order valence-electron chi connectivity index (χ3n) is 3.53. The third kappa shape index (κ3) is 6.37. The molecule has 0 aromatic heterocycles. The van der Waals surface area contributed by atoms with Crippen molar-refractivity contribution in [2.45, 2.75) is 26.8 Å². The molecular weight excluding hydrogens is 348 g/mol. The summed E-state index contributed by atoms with van der Waals surface area (Å²) < 4.78 is 10.7. The molecule has 0 saturated heterocycles. The summed E-state index contributed by atoms with van der Waals surface area (Å²) in [5.41, 5.74) is 2.40. The van der Waals surface area contributed by atoms with Gasteiger partial charge in [0, 0.05) is 5.69 Å². The highest BCUT2D eigenvalue weighted by molar-refractivity contribution is 7.80. The Balaban J connectivity index is 1.83. The first-order chi connectivity index (χ1) is 12.5. The predicted molar refractivity (Wildman–Crippen MR) is 108 cm³/mol. The summed E-state index contributed by atoms with van der Waals surface area (Å²) in [5, 5.41) is 6.70. The van der Waals surface area contributed by atoms with Crippen molar-refractivity contribution in [3.05, 3.63) is 59.7 Å². The lowest BCUT2D eigenvalue weighted by molar-refractivity contribution is 0.0526. The zero-order valence-corrected chi connectivity index (χ0v) is 16.1. The molecule has 0 aliphatic rings. The number of esters is 1. The van der Waals surface area contributed by atoms with Crippen molar-refractivity contribution in [3.8, 4) is 5.75 Å². The Bertz CT molecular complexity index is 747. The Labute approximate surface area is 159 Å². The molecule has 0 spiro atoms. The van der Waals surface area contributed by atoms with E-state index in [1.807, 2.05) is 44.2 Å². The van der Waals surface area contributed by atoms with Gasteiger partial charge in [0.25, 0.3) is 0 Å². The molecule has 0 unspecified atom stereocenters. The van der Waals surface area contributed by atoms with E-state index in [1.54, 1.807) is 25.1 Å². The van der Waals surface area contributed by atoms with E-state index < -0.39 is 0 Å². The summed E-state index contributed by atoms with van der Waals surface area (Å²) in [6.07, 6.45) is 0. The Hall–Kier alpha value is -2.60. The molecule has 0 aliphatic carbocycles. The normalized spacial score (nSPS) is 11.3. The summed E-state index contributed by atoms with van der Waals surface area (Å²) in [6.45, 7) is 6.62. The molecule has 0 bridgehead atoms. The van der Waals surface area contributed by atoms with Gasteiger partial charge in [0.15, 0.2) is 5.11 Å². The van der Waals surface area contributed by atoms with Crippen molar-refractivity contribution in [3.63, 3.8) is 0 Å². The molecule has 6 heteroatoms. The van der Waals surface area contributed by atoms with Crippen LogP contribution in [0, 0.1) is 6.92 Å². The third-order valence-corrected chi connectivity index (χ3v) is 3.75. The second-order valence-electron chi connectivity index (χ2n) is 5.92. The number of carbonyl (C=O) groups is 1. The van der Waals surface area contributed by atoms with Crippen LogP contribution in [0.4, 0.5) is 5.69 Å². The maximum absolute atomic E-state index is 11.8. The van der Waals surface area contributed by atoms with Crippen LogP contribution in [0.15, 0.2) is 48.5 Å². The summed E-state index contributed by atoms with van der Waals surface area (Å²) in [6, 6.07) is 15.0. The molecule has 2 aromatic rings. The van der Waals surface area contributed by atoms with E-state index in [2.05, 4.69) is 10.6 Å². The number of hydrogen-bond donors (Lipinski definition) is 2. The van der Waals surface area contributed by atoms with Crippen LogP contribution in [0.2, 0.25) is 0 Å². The highest BCUT2D eigenvalue weighted by Crippen LogP contribution is 2.13. The number of ether oxygens (including phenoxy) is 2. The molecule has 138 valence electrons. The lowest BCUT2D eigenvalue weighted by Gasteiger charge is -2.18. The zero-order valence-electron chi connectivity index (χ0n) is 15.2. The molecule has 2 aromatic carbocycles. The topological polar surface area (TPSA) is 59.6 Å². The number of aryl methyl sites for hydroxylation is 1. The molecule has 0 fully saturated rings. The first-order valence-corrected chi connectivity index (χ1v) is 8.93. The molecule has 0 amide bonds. The Kier molecular flexibility index (Phi) is 7.41. The Morgan fingerprint density at radius 3 is 2.62 bits per heavy atom. The quantitative estimate of drug-likeness (QED) is 0.567. The fraction of sp³-hybridized carbons (Fsp3) is 0.300. The van der Waals surface area contributed by atoms with Crippen molar-refractivity contribution in [2.24, 2.45) is 0 Å². The number of benzene rings is 2. The average molecular weight is 372 g/mol. The van der Waals surface area contributed by atoms with Crippen LogP contribution < -0.4 is 15.4 Å². The standard InChI is InChI=1S/C20H24N2O3S/c1-4-24-19(23)16-6-5-7-17(12-16)22-20(26)21-15(3)13-25-18-10-8-14(2)9-11-18/h5-12,15H,4,13H2,1-3H3,(H2,21,22,26)/t15-/m0/s1. The zero-order chi connectivity index (χ0) is 18.9. The molecule has 1 atom stereocenters. The average Bonchev–Trinajstić information content (AvgIpc) is 2.61. The van der Waals surface area contributed by atoms with Gasteiger partial charge in [-0.15, -0.1) is 0 Å². The van der Waals surface area contributed by atoms with Gasteiger partial charge >= 0.3 is 5.97 Å². The molecule has 2 N–H and O–H groups in total. The molecule has 0 saturated carbocycles. The van der Waals surface area contributed by atoms with Crippen molar-refractivity contribution in [2.75, 3.05) is 18.5 Å². The summed E-state index contributed by atoms with van der Waals surface area (Å²) in [5.74, 6) is 0.472. The molecule has 0 radical (unpaired) electrons. The Morgan fingerprint density at radius 2 is 1.92 bits per heavy atom. The monoisotopic (exact) mass is 372 g/mol. The van der Waals surface area contributed by atoms with Crippen LogP contribution in [0.25, 0.3) is 0 Å². The van der Waals surface area contributed by atoms with Gasteiger partial charge < -0.3 is 20.1 Å². The van der Waals surface area contributed by atoms with E-state index in [-0.39, 0.29) is 12.0 Å². The number of rotatable bonds is 7. The minimum absolute atomic E-state index is 0.0181. The minimum Gasteiger partial charge on any atom is -0.491 e. The van der Waals surface area contributed by atoms with E-state index in [1.165, 1.54) is 5.56 Å². The smallest absolute Gasteiger partial charge is 0.338 e. The van der Waals surface area contributed by atoms with Crippen molar-refractivity contribution in [1.82, 2.24) is 5.32 Å². The minimum atomic E-state index is -0.352. The van der Waals surface area contributed by atoms with Gasteiger partial charge in [0.05, 0.1) is 18.2 Å². The van der Waals surface area contributed by atoms with Gasteiger partial charge in [-0.05, 0) is 63.3 Å². The maximum atomic E-state index is 11.8. The lowest BCUT2D eigenvalue weighted by atomic mass is 10.2. The summed E-state index contributed by atoms with van der Waals surface area (Å²) in [7, 11) is 0. The van der Waals surface area contributed by atoms with Crippen LogP contribution in [0.1, 0.15) is 29.8 Å². The van der Waals surface area contributed by atoms with Gasteiger partial charge in [0.1, 0.15) is 12.4 Å². The Morgan fingerprint density at radius 1 is 1.19 bits per heavy atom. The SMILES string of the molecule is CCOC(=O)c1cccc(NC(=S)N[C@@H](C)COc2ccc(C)cc2)c1. The second-order valence-corrected chi connectivity index (χ2v) is 6.33. The van der Waals surface area contributed by atoms with Crippen LogP contribution in [0.5, 0.6) is 5.75 Å². The lowest BCUT2D eigenvalue weighted by Crippen LogP contribution is -2.39. The van der Waals surface area contributed by atoms with E-state index in [0.717, 1.165) is 11.4 Å². The van der Waals surface area contributed by atoms with Crippen molar-refractivity contribution >= 4 is 29.0 Å². The molecule has 5 nitrogen and oxygen atoms in total. The number of nitrogens with one attached hydrogen (secondary N) is 2. The molecular formula is C20H24N2O3S. The molecule has 0 heterocycles. The van der Waals surface area contributed by atoms with Crippen LogP contribution in [-0.2, 0) is 4.74 Å². The fourth-order valence-electron chi connectivity index (χ4n) is 2.23. The van der Waals surface area contributed by atoms with Gasteiger partial charge in [-0.2, -0.15) is 0 Å². The van der Waals surface area contributed by atoms with Gasteiger partial charge in [-0.1, -0.05) is 23.8 Å². The molecule has 0 aliphatic heterocycles. The van der Waals surface area contributed by atoms with Gasteiger partial charge in [0.2, 0.25) is 0 Å².